The van der Waals surface area contributed by atoms with Crippen molar-refractivity contribution < 1.29 is 13.3 Å². The topological polar surface area (TPSA) is 83.0 Å². The van der Waals surface area contributed by atoms with Gasteiger partial charge in [-0.25, -0.2) is 15.0 Å². The first-order chi connectivity index (χ1) is 31.7. The standard InChI is InChI=1S/C57H32N4O3/c1-2-13-33(14-3-1)55-58-56(43-22-11-20-41-39-17-6-9-26-50(39)63-53(41)43)60-57(59-55)44-23-12-21-42-46-32-35(28-30-51(46)64-54(42)44)61-47-24-7-4-15-37(47)45-31-34(27-29-48(45)61)36-18-10-19-40-38-16-5-8-25-49(38)62-52(36)40/h1-32H. The molecule has 0 amide bonds. The molecule has 0 aliphatic rings. The highest BCUT2D eigenvalue weighted by Crippen LogP contribution is 2.42. The summed E-state index contributed by atoms with van der Waals surface area (Å²) >= 11 is 0. The Balaban J connectivity index is 0.931. The first-order valence-electron chi connectivity index (χ1n) is 21.3. The van der Waals surface area contributed by atoms with E-state index in [1.165, 1.54) is 10.8 Å². The summed E-state index contributed by atoms with van der Waals surface area (Å²) in [7, 11) is 0. The Morgan fingerprint density at radius 2 is 0.797 bits per heavy atom. The summed E-state index contributed by atoms with van der Waals surface area (Å²) in [4.78, 5) is 15.3. The maximum absolute atomic E-state index is 6.77. The lowest BCUT2D eigenvalue weighted by atomic mass is 10.0. The summed E-state index contributed by atoms with van der Waals surface area (Å²) in [5, 5.41) is 8.61. The predicted octanol–water partition coefficient (Wildman–Crippen LogP) is 15.3. The van der Waals surface area contributed by atoms with Gasteiger partial charge in [0.05, 0.1) is 22.2 Å². The third-order valence-electron chi connectivity index (χ3n) is 12.7. The summed E-state index contributed by atoms with van der Waals surface area (Å²) < 4.78 is 22.0. The van der Waals surface area contributed by atoms with Crippen LogP contribution in [0.15, 0.2) is 207 Å². The highest BCUT2D eigenvalue weighted by atomic mass is 16.3. The lowest BCUT2D eigenvalue weighted by molar-refractivity contribution is 0.669. The van der Waals surface area contributed by atoms with Crippen molar-refractivity contribution in [2.24, 2.45) is 0 Å². The minimum absolute atomic E-state index is 0.512. The van der Waals surface area contributed by atoms with Gasteiger partial charge in [0.15, 0.2) is 17.5 Å². The molecule has 0 aliphatic carbocycles. The fraction of sp³-hybridized carbons (Fsp3) is 0. The number of hydrogen-bond donors (Lipinski definition) is 0. The molecule has 0 radical (unpaired) electrons. The normalized spacial score (nSPS) is 12.1. The molecule has 0 unspecified atom stereocenters. The smallest absolute Gasteiger partial charge is 0.167 e. The van der Waals surface area contributed by atoms with E-state index in [0.29, 0.717) is 23.1 Å². The first kappa shape index (κ1) is 34.9. The fourth-order valence-corrected chi connectivity index (χ4v) is 9.75. The molecule has 0 N–H and O–H groups in total. The molecular formula is C57H32N4O3. The summed E-state index contributed by atoms with van der Waals surface area (Å²) in [5.74, 6) is 1.60. The Kier molecular flexibility index (Phi) is 7.27. The molecule has 0 fully saturated rings. The zero-order valence-corrected chi connectivity index (χ0v) is 34.0. The second-order valence-corrected chi connectivity index (χ2v) is 16.3. The molecule has 5 aromatic heterocycles. The van der Waals surface area contributed by atoms with E-state index < -0.39 is 0 Å². The number of furan rings is 3. The van der Waals surface area contributed by atoms with Gasteiger partial charge in [0.1, 0.15) is 33.5 Å². The van der Waals surface area contributed by atoms with Gasteiger partial charge in [-0.3, -0.25) is 0 Å². The van der Waals surface area contributed by atoms with Gasteiger partial charge in [0.25, 0.3) is 0 Å². The van der Waals surface area contributed by atoms with Crippen LogP contribution in [0.3, 0.4) is 0 Å². The molecule has 298 valence electrons. The molecule has 7 heteroatoms. The summed E-state index contributed by atoms with van der Waals surface area (Å²) in [6, 6.07) is 66.9. The molecule has 0 saturated heterocycles. The molecule has 0 bridgehead atoms. The second kappa shape index (κ2) is 13.3. The Hall–Kier alpha value is -8.81. The number of hydrogen-bond acceptors (Lipinski definition) is 6. The van der Waals surface area contributed by atoms with Crippen molar-refractivity contribution in [2.75, 3.05) is 0 Å². The lowest BCUT2D eigenvalue weighted by Crippen LogP contribution is -2.00. The molecule has 0 atom stereocenters. The minimum Gasteiger partial charge on any atom is -0.455 e. The van der Waals surface area contributed by atoms with Crippen LogP contribution in [-0.2, 0) is 0 Å². The van der Waals surface area contributed by atoms with Crippen molar-refractivity contribution in [3.8, 4) is 51.0 Å². The molecule has 9 aromatic carbocycles. The van der Waals surface area contributed by atoms with E-state index in [-0.39, 0.29) is 0 Å². The Labute approximate surface area is 364 Å². The SMILES string of the molecule is c1ccc(-c2nc(-c3cccc4c3oc3ccccc34)nc(-c3cccc4c3oc3ccc(-n5c6ccccc6c6cc(-c7cccc8c7oc7ccccc78)ccc65)cc34)n2)cc1. The van der Waals surface area contributed by atoms with E-state index in [2.05, 4.69) is 120 Å². The quantitative estimate of drug-likeness (QED) is 0.172. The molecular weight excluding hydrogens is 789 g/mol. The molecule has 5 heterocycles. The molecule has 0 saturated carbocycles. The van der Waals surface area contributed by atoms with Gasteiger partial charge in [-0.1, -0.05) is 133 Å². The highest BCUT2D eigenvalue weighted by Gasteiger charge is 2.22. The second-order valence-electron chi connectivity index (χ2n) is 16.3. The van der Waals surface area contributed by atoms with Crippen LogP contribution < -0.4 is 0 Å². The van der Waals surface area contributed by atoms with Crippen LogP contribution in [0.5, 0.6) is 0 Å². The maximum atomic E-state index is 6.77. The highest BCUT2D eigenvalue weighted by molar-refractivity contribution is 6.15. The van der Waals surface area contributed by atoms with E-state index in [4.69, 9.17) is 28.2 Å². The van der Waals surface area contributed by atoms with E-state index in [9.17, 15) is 0 Å². The minimum atomic E-state index is 0.512. The van der Waals surface area contributed by atoms with Gasteiger partial charge in [-0.15, -0.1) is 0 Å². The molecule has 0 aliphatic heterocycles. The number of aromatic nitrogens is 4. The van der Waals surface area contributed by atoms with Crippen LogP contribution in [0.1, 0.15) is 0 Å². The van der Waals surface area contributed by atoms with Gasteiger partial charge in [0.2, 0.25) is 0 Å². The number of nitrogens with zero attached hydrogens (tertiary/aromatic N) is 4. The summed E-state index contributed by atoms with van der Waals surface area (Å²) in [5.41, 5.74) is 12.7. The van der Waals surface area contributed by atoms with Gasteiger partial charge < -0.3 is 17.8 Å². The molecule has 14 rings (SSSR count). The lowest BCUT2D eigenvalue weighted by Gasteiger charge is -2.09. The third-order valence-corrected chi connectivity index (χ3v) is 12.7. The Morgan fingerprint density at radius 3 is 1.47 bits per heavy atom. The maximum Gasteiger partial charge on any atom is 0.167 e. The van der Waals surface area contributed by atoms with Crippen molar-refractivity contribution in [1.82, 2.24) is 19.5 Å². The van der Waals surface area contributed by atoms with Gasteiger partial charge in [-0.05, 0) is 66.2 Å². The molecule has 64 heavy (non-hydrogen) atoms. The van der Waals surface area contributed by atoms with Crippen molar-refractivity contribution in [3.05, 3.63) is 194 Å². The fourth-order valence-electron chi connectivity index (χ4n) is 9.75. The number of fused-ring (bicyclic) bond motifs is 12. The van der Waals surface area contributed by atoms with Crippen molar-refractivity contribution in [3.63, 3.8) is 0 Å². The average molecular weight is 821 g/mol. The van der Waals surface area contributed by atoms with Crippen LogP contribution in [0, 0.1) is 0 Å². The Morgan fingerprint density at radius 1 is 0.297 bits per heavy atom. The number of benzene rings is 9. The zero-order chi connectivity index (χ0) is 41.9. The van der Waals surface area contributed by atoms with Crippen LogP contribution >= 0.6 is 0 Å². The molecule has 0 spiro atoms. The largest absolute Gasteiger partial charge is 0.455 e. The van der Waals surface area contributed by atoms with Crippen LogP contribution in [-0.4, -0.2) is 19.5 Å². The van der Waals surface area contributed by atoms with Crippen LogP contribution in [0.2, 0.25) is 0 Å². The van der Waals surface area contributed by atoms with Crippen LogP contribution in [0.4, 0.5) is 0 Å². The van der Waals surface area contributed by atoms with Crippen molar-refractivity contribution in [1.29, 1.82) is 0 Å². The summed E-state index contributed by atoms with van der Waals surface area (Å²) in [6.07, 6.45) is 0. The Bertz CT molecular complexity index is 4210. The zero-order valence-electron chi connectivity index (χ0n) is 34.0. The van der Waals surface area contributed by atoms with E-state index >= 15 is 0 Å². The van der Waals surface area contributed by atoms with Crippen LogP contribution in [0.25, 0.3) is 139 Å². The van der Waals surface area contributed by atoms with Crippen molar-refractivity contribution >= 4 is 87.6 Å². The third kappa shape index (κ3) is 5.12. The molecule has 14 aromatic rings. The monoisotopic (exact) mass is 820 g/mol. The first-order valence-corrected chi connectivity index (χ1v) is 21.3. The van der Waals surface area contributed by atoms with Crippen molar-refractivity contribution in [2.45, 2.75) is 0 Å². The number of rotatable bonds is 5. The van der Waals surface area contributed by atoms with Gasteiger partial charge in [-0.2, -0.15) is 0 Å². The average Bonchev–Trinajstić information content (AvgIpc) is 4.13. The van der Waals surface area contributed by atoms with Gasteiger partial charge >= 0.3 is 0 Å². The van der Waals surface area contributed by atoms with E-state index in [1.54, 1.807) is 0 Å². The molecule has 7 nitrogen and oxygen atoms in total. The van der Waals surface area contributed by atoms with Gasteiger partial charge in [0, 0.05) is 59.9 Å². The van der Waals surface area contributed by atoms with E-state index in [0.717, 1.165) is 105 Å². The predicted molar refractivity (Wildman–Crippen MR) is 258 cm³/mol. The number of para-hydroxylation sites is 6. The summed E-state index contributed by atoms with van der Waals surface area (Å²) in [6.45, 7) is 0. The van der Waals surface area contributed by atoms with E-state index in [1.807, 2.05) is 78.9 Å².